The van der Waals surface area contributed by atoms with Crippen molar-refractivity contribution in [3.63, 3.8) is 0 Å². The van der Waals surface area contributed by atoms with Gasteiger partial charge in [0.1, 0.15) is 0 Å². The maximum absolute atomic E-state index is 11.5. The molecule has 0 fully saturated rings. The van der Waals surface area contributed by atoms with E-state index in [2.05, 4.69) is 5.32 Å². The molecule has 0 heterocycles. The summed E-state index contributed by atoms with van der Waals surface area (Å²) < 4.78 is 4.84. The van der Waals surface area contributed by atoms with Gasteiger partial charge in [0, 0.05) is 20.3 Å². The Bertz CT molecular complexity index is 226. The molecule has 2 atom stereocenters. The number of carbonyl (C=O) groups is 1. The van der Waals surface area contributed by atoms with Crippen molar-refractivity contribution in [2.24, 2.45) is 11.1 Å². The first-order chi connectivity index (χ1) is 7.76. The van der Waals surface area contributed by atoms with Gasteiger partial charge in [0.2, 0.25) is 5.91 Å². The molecule has 0 aromatic rings. The van der Waals surface area contributed by atoms with Gasteiger partial charge in [-0.3, -0.25) is 4.79 Å². The zero-order chi connectivity index (χ0) is 13.5. The number of hydrogen-bond acceptors (Lipinski definition) is 4. The fourth-order valence-electron chi connectivity index (χ4n) is 1.50. The van der Waals surface area contributed by atoms with Gasteiger partial charge in [0.05, 0.1) is 12.1 Å². The van der Waals surface area contributed by atoms with Crippen LogP contribution in [0, 0.1) is 5.41 Å². The highest BCUT2D eigenvalue weighted by Gasteiger charge is 2.18. The summed E-state index contributed by atoms with van der Waals surface area (Å²) in [6, 6.07) is -0.572. The van der Waals surface area contributed by atoms with E-state index in [1.54, 1.807) is 7.11 Å². The highest BCUT2D eigenvalue weighted by Crippen LogP contribution is 2.20. The predicted molar refractivity (Wildman–Crippen MR) is 67.6 cm³/mol. The molecular formula is C12H26N2O3. The highest BCUT2D eigenvalue weighted by atomic mass is 16.5. The zero-order valence-electron chi connectivity index (χ0n) is 11.3. The third-order valence-corrected chi connectivity index (χ3v) is 2.33. The van der Waals surface area contributed by atoms with Crippen LogP contribution in [0.4, 0.5) is 0 Å². The summed E-state index contributed by atoms with van der Waals surface area (Å²) in [5.41, 5.74) is 5.69. The molecule has 0 saturated heterocycles. The molecule has 0 aromatic heterocycles. The van der Waals surface area contributed by atoms with Crippen LogP contribution in [0.3, 0.4) is 0 Å². The van der Waals surface area contributed by atoms with Gasteiger partial charge in [-0.25, -0.2) is 0 Å². The maximum Gasteiger partial charge on any atom is 0.237 e. The Balaban J connectivity index is 3.83. The summed E-state index contributed by atoms with van der Waals surface area (Å²) in [4.78, 5) is 11.5. The van der Waals surface area contributed by atoms with Crippen LogP contribution in [0.15, 0.2) is 0 Å². The van der Waals surface area contributed by atoms with E-state index in [1.165, 1.54) is 0 Å². The van der Waals surface area contributed by atoms with Crippen LogP contribution in [0.2, 0.25) is 0 Å². The minimum absolute atomic E-state index is 0.0440. The Labute approximate surface area is 104 Å². The van der Waals surface area contributed by atoms with Crippen molar-refractivity contribution in [2.75, 3.05) is 20.3 Å². The van der Waals surface area contributed by atoms with Crippen molar-refractivity contribution < 1.29 is 14.6 Å². The number of aliphatic hydroxyl groups excluding tert-OH is 1. The van der Waals surface area contributed by atoms with Crippen molar-refractivity contribution in [2.45, 2.75) is 45.8 Å². The third-order valence-electron chi connectivity index (χ3n) is 2.33. The van der Waals surface area contributed by atoms with Gasteiger partial charge in [-0.1, -0.05) is 20.8 Å². The van der Waals surface area contributed by atoms with E-state index in [0.717, 1.165) is 0 Å². The largest absolute Gasteiger partial charge is 0.391 e. The van der Waals surface area contributed by atoms with Gasteiger partial charge < -0.3 is 20.9 Å². The first-order valence-electron chi connectivity index (χ1n) is 5.96. The molecule has 5 nitrogen and oxygen atoms in total. The Morgan fingerprint density at radius 3 is 2.53 bits per heavy atom. The molecule has 0 spiro atoms. The number of nitrogens with two attached hydrogens (primary N) is 1. The lowest BCUT2D eigenvalue weighted by Gasteiger charge is -2.23. The SMILES string of the molecule is COCCC(N)C(=O)NCC(O)CC(C)(C)C. The van der Waals surface area contributed by atoms with Crippen molar-refractivity contribution in [3.8, 4) is 0 Å². The highest BCUT2D eigenvalue weighted by molar-refractivity contribution is 5.81. The van der Waals surface area contributed by atoms with E-state index >= 15 is 0 Å². The number of hydrogen-bond donors (Lipinski definition) is 3. The van der Waals surface area contributed by atoms with Gasteiger partial charge in [-0.2, -0.15) is 0 Å². The average molecular weight is 246 g/mol. The second-order valence-electron chi connectivity index (χ2n) is 5.55. The van der Waals surface area contributed by atoms with E-state index in [0.29, 0.717) is 19.4 Å². The first kappa shape index (κ1) is 16.4. The first-order valence-corrected chi connectivity index (χ1v) is 5.96. The van der Waals surface area contributed by atoms with Crippen LogP contribution in [-0.2, 0) is 9.53 Å². The predicted octanol–water partition coefficient (Wildman–Crippen LogP) is 0.264. The van der Waals surface area contributed by atoms with E-state index in [-0.39, 0.29) is 17.9 Å². The summed E-state index contributed by atoms with van der Waals surface area (Å²) in [5, 5.41) is 12.4. The molecule has 0 rings (SSSR count). The number of rotatable bonds is 7. The molecule has 1 amide bonds. The van der Waals surface area contributed by atoms with E-state index in [9.17, 15) is 9.90 Å². The van der Waals surface area contributed by atoms with E-state index in [4.69, 9.17) is 10.5 Å². The number of amides is 1. The Kier molecular flexibility index (Phi) is 7.34. The lowest BCUT2D eigenvalue weighted by Crippen LogP contribution is -2.44. The Morgan fingerprint density at radius 2 is 2.06 bits per heavy atom. The number of nitrogens with one attached hydrogen (secondary N) is 1. The quantitative estimate of drug-likeness (QED) is 0.602. The molecule has 5 heteroatoms. The van der Waals surface area contributed by atoms with E-state index < -0.39 is 12.1 Å². The third kappa shape index (κ3) is 9.09. The molecule has 0 radical (unpaired) electrons. The maximum atomic E-state index is 11.5. The number of aliphatic hydroxyl groups is 1. The van der Waals surface area contributed by atoms with Gasteiger partial charge >= 0.3 is 0 Å². The molecule has 0 aliphatic heterocycles. The zero-order valence-corrected chi connectivity index (χ0v) is 11.3. The molecule has 0 bridgehead atoms. The second-order valence-corrected chi connectivity index (χ2v) is 5.55. The van der Waals surface area contributed by atoms with E-state index in [1.807, 2.05) is 20.8 Å². The van der Waals surface area contributed by atoms with Crippen LogP contribution in [-0.4, -0.2) is 43.4 Å². The molecule has 2 unspecified atom stereocenters. The molecule has 0 saturated carbocycles. The van der Waals surface area contributed by atoms with Crippen LogP contribution in [0.1, 0.15) is 33.6 Å². The molecule has 102 valence electrons. The fourth-order valence-corrected chi connectivity index (χ4v) is 1.50. The van der Waals surface area contributed by atoms with Crippen LogP contribution >= 0.6 is 0 Å². The van der Waals surface area contributed by atoms with Gasteiger partial charge in [0.25, 0.3) is 0 Å². The smallest absolute Gasteiger partial charge is 0.237 e. The summed E-state index contributed by atoms with van der Waals surface area (Å²) in [6.45, 7) is 6.84. The lowest BCUT2D eigenvalue weighted by atomic mass is 9.89. The molecule has 0 aromatic carbocycles. The van der Waals surface area contributed by atoms with Crippen LogP contribution < -0.4 is 11.1 Å². The summed E-state index contributed by atoms with van der Waals surface area (Å²) in [7, 11) is 1.57. The summed E-state index contributed by atoms with van der Waals surface area (Å²) in [5.74, 6) is -0.241. The molecule has 4 N–H and O–H groups in total. The fraction of sp³-hybridized carbons (Fsp3) is 0.917. The van der Waals surface area contributed by atoms with Crippen LogP contribution in [0.5, 0.6) is 0 Å². The monoisotopic (exact) mass is 246 g/mol. The minimum atomic E-state index is -0.572. The molecule has 0 aliphatic carbocycles. The van der Waals surface area contributed by atoms with Crippen molar-refractivity contribution in [1.82, 2.24) is 5.32 Å². The second kappa shape index (κ2) is 7.63. The van der Waals surface area contributed by atoms with Gasteiger partial charge in [-0.05, 0) is 18.3 Å². The van der Waals surface area contributed by atoms with Crippen molar-refractivity contribution in [3.05, 3.63) is 0 Å². The minimum Gasteiger partial charge on any atom is -0.391 e. The van der Waals surface area contributed by atoms with Gasteiger partial charge in [-0.15, -0.1) is 0 Å². The molecule has 17 heavy (non-hydrogen) atoms. The lowest BCUT2D eigenvalue weighted by molar-refractivity contribution is -0.123. The number of carbonyl (C=O) groups excluding carboxylic acids is 1. The topological polar surface area (TPSA) is 84.6 Å². The molecule has 0 aliphatic rings. The summed E-state index contributed by atoms with van der Waals surface area (Å²) >= 11 is 0. The van der Waals surface area contributed by atoms with Crippen molar-refractivity contribution >= 4 is 5.91 Å². The van der Waals surface area contributed by atoms with Crippen LogP contribution in [0.25, 0.3) is 0 Å². The van der Waals surface area contributed by atoms with Crippen molar-refractivity contribution in [1.29, 1.82) is 0 Å². The Morgan fingerprint density at radius 1 is 1.47 bits per heavy atom. The summed E-state index contributed by atoms with van der Waals surface area (Å²) in [6.07, 6.45) is 0.590. The number of methoxy groups -OCH3 is 1. The van der Waals surface area contributed by atoms with Gasteiger partial charge in [0.15, 0.2) is 0 Å². The average Bonchev–Trinajstić information content (AvgIpc) is 2.20. The molecular weight excluding hydrogens is 220 g/mol. The Hall–Kier alpha value is -0.650. The normalized spacial score (nSPS) is 15.4. The number of ether oxygens (including phenoxy) is 1. The standard InChI is InChI=1S/C12H26N2O3/c1-12(2,3)7-9(15)8-14-11(16)10(13)5-6-17-4/h9-10,15H,5-8,13H2,1-4H3,(H,14,16).